The maximum atomic E-state index is 13.3. The number of para-hydroxylation sites is 2. The van der Waals surface area contributed by atoms with Crippen LogP contribution in [0.1, 0.15) is 24.2 Å². The Labute approximate surface area is 168 Å². The van der Waals surface area contributed by atoms with Crippen LogP contribution in [0.5, 0.6) is 0 Å². The Morgan fingerprint density at radius 3 is 2.69 bits per heavy atom. The third kappa shape index (κ3) is 3.25. The van der Waals surface area contributed by atoms with Crippen molar-refractivity contribution in [3.63, 3.8) is 0 Å². The van der Waals surface area contributed by atoms with Gasteiger partial charge in [0.15, 0.2) is 11.3 Å². The first kappa shape index (κ1) is 19.1. The van der Waals surface area contributed by atoms with Gasteiger partial charge in [0.1, 0.15) is 5.56 Å². The molecule has 0 aliphatic heterocycles. The molecule has 4 aromatic rings. The number of nitrogens with one attached hydrogen (secondary N) is 2. The van der Waals surface area contributed by atoms with Crippen molar-refractivity contribution in [3.8, 4) is 0 Å². The van der Waals surface area contributed by atoms with Crippen molar-refractivity contribution in [2.75, 3.05) is 38.5 Å². The van der Waals surface area contributed by atoms with Crippen LogP contribution in [0.4, 0.5) is 5.69 Å². The van der Waals surface area contributed by atoms with Gasteiger partial charge in [-0.3, -0.25) is 9.20 Å². The highest BCUT2D eigenvalue weighted by Crippen LogP contribution is 2.32. The number of aromatic nitrogens is 4. The molecule has 1 aromatic carbocycles. The minimum absolute atomic E-state index is 0.152. The predicted molar refractivity (Wildman–Crippen MR) is 115 cm³/mol. The molecule has 0 aliphatic carbocycles. The molecule has 0 aliphatic rings. The Hall–Kier alpha value is -3.26. The fourth-order valence-electron chi connectivity index (χ4n) is 3.77. The summed E-state index contributed by atoms with van der Waals surface area (Å²) in [6.45, 7) is 7.53. The second-order valence-electron chi connectivity index (χ2n) is 6.81. The second-order valence-corrected chi connectivity index (χ2v) is 6.81. The lowest BCUT2D eigenvalue weighted by molar-refractivity contribution is 0.0951. The van der Waals surface area contributed by atoms with Gasteiger partial charge in [-0.05, 0) is 31.3 Å². The van der Waals surface area contributed by atoms with E-state index in [1.54, 1.807) is 13.2 Å². The van der Waals surface area contributed by atoms with Gasteiger partial charge in [-0.2, -0.15) is 5.10 Å². The number of imidazole rings is 1. The van der Waals surface area contributed by atoms with Crippen LogP contribution in [-0.4, -0.2) is 63.6 Å². The fraction of sp³-hybridized carbons (Fsp3) is 0.333. The molecule has 0 saturated carbocycles. The molecule has 29 heavy (non-hydrogen) atoms. The summed E-state index contributed by atoms with van der Waals surface area (Å²) in [6.07, 6.45) is 1.64. The first-order chi connectivity index (χ1) is 14.2. The van der Waals surface area contributed by atoms with Gasteiger partial charge in [0.25, 0.3) is 5.91 Å². The van der Waals surface area contributed by atoms with E-state index in [0.717, 1.165) is 36.1 Å². The number of pyridine rings is 1. The van der Waals surface area contributed by atoms with Gasteiger partial charge in [0.2, 0.25) is 0 Å². The lowest BCUT2D eigenvalue weighted by Crippen LogP contribution is -2.35. The molecule has 0 spiro atoms. The highest BCUT2D eigenvalue weighted by molar-refractivity contribution is 6.13. The number of carbonyl (C=O) groups is 1. The van der Waals surface area contributed by atoms with Crippen LogP contribution < -0.4 is 10.6 Å². The van der Waals surface area contributed by atoms with E-state index in [0.29, 0.717) is 29.1 Å². The zero-order chi connectivity index (χ0) is 20.4. The molecule has 3 heterocycles. The van der Waals surface area contributed by atoms with Crippen molar-refractivity contribution in [1.82, 2.24) is 29.8 Å². The number of hydrogen-bond donors (Lipinski definition) is 2. The molecule has 2 N–H and O–H groups in total. The number of likely N-dealkylation sites (N-methyl/N-ethyl adjacent to an activating group) is 1. The van der Waals surface area contributed by atoms with E-state index in [1.165, 1.54) is 0 Å². The number of hydrogen-bond acceptors (Lipinski definition) is 6. The highest BCUT2D eigenvalue weighted by atomic mass is 16.1. The number of nitrogens with zero attached hydrogens (tertiary/aromatic N) is 5. The topological polar surface area (TPSA) is 87.5 Å². The molecule has 0 saturated heterocycles. The summed E-state index contributed by atoms with van der Waals surface area (Å²) in [5.41, 5.74) is 4.17. The minimum atomic E-state index is -0.152. The van der Waals surface area contributed by atoms with Crippen LogP contribution in [-0.2, 0) is 0 Å². The molecular weight excluding hydrogens is 366 g/mol. The Balaban J connectivity index is 1.88. The lowest BCUT2D eigenvalue weighted by Gasteiger charge is -2.19. The van der Waals surface area contributed by atoms with Gasteiger partial charge in [0.05, 0.1) is 22.9 Å². The highest BCUT2D eigenvalue weighted by Gasteiger charge is 2.23. The Morgan fingerprint density at radius 1 is 1.14 bits per heavy atom. The molecule has 0 fully saturated rings. The quantitative estimate of drug-likeness (QED) is 0.503. The third-order valence-electron chi connectivity index (χ3n) is 5.30. The van der Waals surface area contributed by atoms with Crippen LogP contribution in [0, 0.1) is 0 Å². The molecule has 8 heteroatoms. The molecule has 0 atom stereocenters. The number of fused-ring (bicyclic) bond motifs is 5. The number of rotatable bonds is 7. The summed E-state index contributed by atoms with van der Waals surface area (Å²) in [5.74, 6) is -0.152. The normalized spacial score (nSPS) is 11.6. The molecular formula is C21H25N7O. The standard InChI is InChI=1S/C21H25N7O/c1-4-27(5-2)13-12-23-21(29)17-18(22-3)14-10-11-24-26-19(14)28-16-9-7-6-8-15(16)25-20(17)28/h6-11,22H,4-5,12-13H2,1-3H3,(H,23,29). The largest absolute Gasteiger partial charge is 0.387 e. The van der Waals surface area contributed by atoms with E-state index < -0.39 is 0 Å². The number of amides is 1. The van der Waals surface area contributed by atoms with Gasteiger partial charge < -0.3 is 15.5 Å². The van der Waals surface area contributed by atoms with Crippen LogP contribution in [0.25, 0.3) is 27.7 Å². The Bertz CT molecular complexity index is 1180. The molecule has 8 nitrogen and oxygen atoms in total. The molecule has 0 unspecified atom stereocenters. The summed E-state index contributed by atoms with van der Waals surface area (Å²) < 4.78 is 1.91. The number of benzene rings is 1. The average molecular weight is 391 g/mol. The maximum absolute atomic E-state index is 13.3. The zero-order valence-corrected chi connectivity index (χ0v) is 16.9. The number of carbonyl (C=O) groups excluding carboxylic acids is 1. The minimum Gasteiger partial charge on any atom is -0.387 e. The molecule has 150 valence electrons. The van der Waals surface area contributed by atoms with Crippen LogP contribution in [0.3, 0.4) is 0 Å². The van der Waals surface area contributed by atoms with E-state index >= 15 is 0 Å². The van der Waals surface area contributed by atoms with E-state index in [2.05, 4.69) is 39.6 Å². The number of anilines is 1. The summed E-state index contributed by atoms with van der Waals surface area (Å²) in [4.78, 5) is 20.3. The van der Waals surface area contributed by atoms with Crippen LogP contribution in [0.2, 0.25) is 0 Å². The average Bonchev–Trinajstić information content (AvgIpc) is 3.15. The monoisotopic (exact) mass is 391 g/mol. The molecule has 0 bridgehead atoms. The van der Waals surface area contributed by atoms with E-state index in [9.17, 15) is 4.79 Å². The smallest absolute Gasteiger partial charge is 0.257 e. The van der Waals surface area contributed by atoms with Gasteiger partial charge in [-0.15, -0.1) is 5.10 Å². The first-order valence-corrected chi connectivity index (χ1v) is 9.92. The Morgan fingerprint density at radius 2 is 1.93 bits per heavy atom. The van der Waals surface area contributed by atoms with Crippen molar-refractivity contribution in [2.45, 2.75) is 13.8 Å². The van der Waals surface area contributed by atoms with Gasteiger partial charge in [0, 0.05) is 25.5 Å². The fourth-order valence-corrected chi connectivity index (χ4v) is 3.77. The Kier molecular flexibility index (Phi) is 5.26. The lowest BCUT2D eigenvalue weighted by atomic mass is 10.1. The predicted octanol–water partition coefficient (Wildman–Crippen LogP) is 2.54. The van der Waals surface area contributed by atoms with Crippen molar-refractivity contribution in [2.24, 2.45) is 0 Å². The molecule has 1 amide bonds. The van der Waals surface area contributed by atoms with Crippen LogP contribution in [0.15, 0.2) is 36.5 Å². The van der Waals surface area contributed by atoms with Gasteiger partial charge in [-0.1, -0.05) is 26.0 Å². The van der Waals surface area contributed by atoms with Gasteiger partial charge in [-0.25, -0.2) is 4.98 Å². The summed E-state index contributed by atoms with van der Waals surface area (Å²) in [7, 11) is 1.81. The van der Waals surface area contributed by atoms with E-state index in [-0.39, 0.29) is 5.91 Å². The molecule has 3 aromatic heterocycles. The van der Waals surface area contributed by atoms with Crippen molar-refractivity contribution >= 4 is 39.3 Å². The summed E-state index contributed by atoms with van der Waals surface area (Å²) in [6, 6.07) is 9.67. The SMILES string of the molecule is CCN(CC)CCNC(=O)c1c(NC)c2ccnnc2n2c1nc1ccccc12. The second kappa shape index (κ2) is 8.00. The van der Waals surface area contributed by atoms with Gasteiger partial charge >= 0.3 is 0 Å². The maximum Gasteiger partial charge on any atom is 0.257 e. The van der Waals surface area contributed by atoms with Crippen molar-refractivity contribution in [1.29, 1.82) is 0 Å². The van der Waals surface area contributed by atoms with Crippen molar-refractivity contribution < 1.29 is 4.79 Å². The van der Waals surface area contributed by atoms with Crippen molar-refractivity contribution in [3.05, 3.63) is 42.1 Å². The summed E-state index contributed by atoms with van der Waals surface area (Å²) in [5, 5.41) is 15.5. The molecule has 0 radical (unpaired) electrons. The van der Waals surface area contributed by atoms with Crippen LogP contribution >= 0.6 is 0 Å². The molecule has 4 rings (SSSR count). The first-order valence-electron chi connectivity index (χ1n) is 9.92. The zero-order valence-electron chi connectivity index (χ0n) is 16.9. The van der Waals surface area contributed by atoms with E-state index in [4.69, 9.17) is 4.98 Å². The van der Waals surface area contributed by atoms with E-state index in [1.807, 2.05) is 34.7 Å². The summed E-state index contributed by atoms with van der Waals surface area (Å²) >= 11 is 0. The third-order valence-corrected chi connectivity index (χ3v) is 5.30.